The summed E-state index contributed by atoms with van der Waals surface area (Å²) >= 11 is 0. The zero-order valence-electron chi connectivity index (χ0n) is 7.47. The average Bonchev–Trinajstić information content (AvgIpc) is 2.03. The summed E-state index contributed by atoms with van der Waals surface area (Å²) in [6.45, 7) is 5.91. The Morgan fingerprint density at radius 3 is 2.45 bits per heavy atom. The highest BCUT2D eigenvalue weighted by Gasteiger charge is 2.08. The van der Waals surface area contributed by atoms with Gasteiger partial charge in [-0.05, 0) is 25.7 Å². The maximum atomic E-state index is 3.85. The molecule has 0 aromatic rings. The third kappa shape index (κ3) is 3.41. The van der Waals surface area contributed by atoms with Crippen molar-refractivity contribution in [2.24, 2.45) is 5.92 Å². The van der Waals surface area contributed by atoms with E-state index in [4.69, 9.17) is 0 Å². The van der Waals surface area contributed by atoms with Gasteiger partial charge >= 0.3 is 0 Å². The molecule has 0 aromatic heterocycles. The van der Waals surface area contributed by atoms with Crippen LogP contribution in [0.4, 0.5) is 0 Å². The van der Waals surface area contributed by atoms with Crippen LogP contribution in [-0.4, -0.2) is 0 Å². The molecule has 0 atom stereocenters. The van der Waals surface area contributed by atoms with Crippen LogP contribution in [0, 0.1) is 5.92 Å². The largest absolute Gasteiger partial charge is 0.0961 e. The van der Waals surface area contributed by atoms with Crippen molar-refractivity contribution in [2.45, 2.75) is 39.0 Å². The van der Waals surface area contributed by atoms with Crippen LogP contribution in [0.3, 0.4) is 0 Å². The summed E-state index contributed by atoms with van der Waals surface area (Å²) in [5, 5.41) is 0. The van der Waals surface area contributed by atoms with E-state index in [1.165, 1.54) is 37.7 Å². The van der Waals surface area contributed by atoms with Crippen LogP contribution in [-0.2, 0) is 0 Å². The molecular formula is C11H18. The summed E-state index contributed by atoms with van der Waals surface area (Å²) in [6, 6.07) is 0. The van der Waals surface area contributed by atoms with Gasteiger partial charge in [-0.3, -0.25) is 0 Å². The number of hydrogen-bond donors (Lipinski definition) is 0. The van der Waals surface area contributed by atoms with Crippen LogP contribution in [0.1, 0.15) is 39.0 Å². The topological polar surface area (TPSA) is 0 Å². The Kier molecular flexibility index (Phi) is 3.41. The lowest BCUT2D eigenvalue weighted by Gasteiger charge is -2.17. The maximum absolute atomic E-state index is 3.85. The van der Waals surface area contributed by atoms with Gasteiger partial charge in [0.25, 0.3) is 0 Å². The normalized spacial score (nSPS) is 20.8. The van der Waals surface area contributed by atoms with Gasteiger partial charge in [0.1, 0.15) is 0 Å². The third-order valence-electron chi connectivity index (χ3n) is 2.30. The number of allylic oxidation sites excluding steroid dienone is 3. The van der Waals surface area contributed by atoms with Gasteiger partial charge in [-0.25, -0.2) is 0 Å². The fourth-order valence-corrected chi connectivity index (χ4v) is 1.63. The van der Waals surface area contributed by atoms with Gasteiger partial charge in [0.05, 0.1) is 0 Å². The van der Waals surface area contributed by atoms with Gasteiger partial charge in [-0.1, -0.05) is 43.6 Å². The molecule has 0 aromatic carbocycles. The monoisotopic (exact) mass is 150 g/mol. The molecule has 0 heterocycles. The molecule has 1 aliphatic rings. The average molecular weight is 150 g/mol. The van der Waals surface area contributed by atoms with Crippen molar-refractivity contribution in [1.82, 2.24) is 0 Å². The molecular weight excluding hydrogens is 132 g/mol. The van der Waals surface area contributed by atoms with Crippen LogP contribution in [0.2, 0.25) is 0 Å². The first-order valence-corrected chi connectivity index (χ1v) is 4.63. The number of rotatable bonds is 2. The van der Waals surface area contributed by atoms with Crippen molar-refractivity contribution < 1.29 is 0 Å². The summed E-state index contributed by atoms with van der Waals surface area (Å²) in [6.07, 6.45) is 11.6. The Bertz CT molecular complexity index is 147. The molecule has 0 heteroatoms. The van der Waals surface area contributed by atoms with E-state index in [-0.39, 0.29) is 0 Å². The molecule has 0 aliphatic heterocycles. The molecule has 0 N–H and O–H groups in total. The van der Waals surface area contributed by atoms with Crippen LogP contribution in [0.5, 0.6) is 0 Å². The van der Waals surface area contributed by atoms with E-state index in [0.717, 1.165) is 5.92 Å². The minimum absolute atomic E-state index is 0.848. The Labute approximate surface area is 70.0 Å². The third-order valence-corrected chi connectivity index (χ3v) is 2.30. The smallest absolute Gasteiger partial charge is 0.0230 e. The van der Waals surface area contributed by atoms with E-state index in [1.54, 1.807) is 0 Å². The summed E-state index contributed by atoms with van der Waals surface area (Å²) in [5.41, 5.74) is 1.18. The first-order valence-electron chi connectivity index (χ1n) is 4.63. The van der Waals surface area contributed by atoms with Crippen molar-refractivity contribution >= 4 is 0 Å². The summed E-state index contributed by atoms with van der Waals surface area (Å²) in [5.74, 6) is 0.848. The Morgan fingerprint density at radius 1 is 1.27 bits per heavy atom. The highest BCUT2D eigenvalue weighted by molar-refractivity contribution is 5.12. The van der Waals surface area contributed by atoms with E-state index in [0.29, 0.717) is 0 Å². The molecule has 1 aliphatic carbocycles. The van der Waals surface area contributed by atoms with Crippen molar-refractivity contribution in [1.29, 1.82) is 0 Å². The fraction of sp³-hybridized carbons (Fsp3) is 0.636. The summed E-state index contributed by atoms with van der Waals surface area (Å²) < 4.78 is 0. The van der Waals surface area contributed by atoms with Gasteiger partial charge in [0, 0.05) is 0 Å². The minimum atomic E-state index is 0.848. The molecule has 0 spiro atoms. The molecule has 62 valence electrons. The molecule has 1 rings (SSSR count). The quantitative estimate of drug-likeness (QED) is 0.526. The fourth-order valence-electron chi connectivity index (χ4n) is 1.63. The van der Waals surface area contributed by atoms with E-state index in [1.807, 2.05) is 0 Å². The Morgan fingerprint density at radius 2 is 1.91 bits per heavy atom. The summed E-state index contributed by atoms with van der Waals surface area (Å²) in [4.78, 5) is 0. The highest BCUT2D eigenvalue weighted by atomic mass is 14.1. The van der Waals surface area contributed by atoms with E-state index in [9.17, 15) is 0 Å². The molecule has 1 fully saturated rings. The minimum Gasteiger partial charge on any atom is -0.0961 e. The van der Waals surface area contributed by atoms with Gasteiger partial charge in [0.15, 0.2) is 0 Å². The lowest BCUT2D eigenvalue weighted by Crippen LogP contribution is -2.02. The van der Waals surface area contributed by atoms with Crippen molar-refractivity contribution in [3.05, 3.63) is 24.3 Å². The second kappa shape index (κ2) is 4.38. The Hall–Kier alpha value is -0.520. The number of hydrogen-bond acceptors (Lipinski definition) is 0. The predicted octanol–water partition coefficient (Wildman–Crippen LogP) is 3.70. The highest BCUT2D eigenvalue weighted by Crippen LogP contribution is 2.24. The van der Waals surface area contributed by atoms with E-state index in [2.05, 4.69) is 25.7 Å². The van der Waals surface area contributed by atoms with Crippen LogP contribution >= 0.6 is 0 Å². The van der Waals surface area contributed by atoms with Gasteiger partial charge in [-0.15, -0.1) is 0 Å². The zero-order chi connectivity index (χ0) is 8.10. The first-order chi connectivity index (χ1) is 5.29. The van der Waals surface area contributed by atoms with Gasteiger partial charge in [0.2, 0.25) is 0 Å². The predicted molar refractivity (Wildman–Crippen MR) is 50.5 cm³/mol. The molecule has 0 radical (unpaired) electrons. The molecule has 1 saturated carbocycles. The standard InChI is InChI=1S/C11H18/c1-10(2)8-9-11-6-4-3-5-7-11/h8-9,11H,1,3-7H2,2H3. The molecule has 0 saturated heterocycles. The van der Waals surface area contributed by atoms with Crippen molar-refractivity contribution in [3.63, 3.8) is 0 Å². The van der Waals surface area contributed by atoms with Crippen LogP contribution < -0.4 is 0 Å². The van der Waals surface area contributed by atoms with E-state index >= 15 is 0 Å². The Balaban J connectivity index is 2.29. The van der Waals surface area contributed by atoms with Gasteiger partial charge in [-0.2, -0.15) is 0 Å². The van der Waals surface area contributed by atoms with Crippen LogP contribution in [0.25, 0.3) is 0 Å². The molecule has 0 unspecified atom stereocenters. The van der Waals surface area contributed by atoms with Crippen molar-refractivity contribution in [3.8, 4) is 0 Å². The van der Waals surface area contributed by atoms with Gasteiger partial charge < -0.3 is 0 Å². The molecule has 0 bridgehead atoms. The first kappa shape index (κ1) is 8.58. The lowest BCUT2D eigenvalue weighted by atomic mass is 9.89. The maximum Gasteiger partial charge on any atom is -0.0230 e. The second-order valence-corrected chi connectivity index (χ2v) is 3.60. The summed E-state index contributed by atoms with van der Waals surface area (Å²) in [7, 11) is 0. The van der Waals surface area contributed by atoms with Crippen LogP contribution in [0.15, 0.2) is 24.3 Å². The van der Waals surface area contributed by atoms with Crippen molar-refractivity contribution in [2.75, 3.05) is 0 Å². The van der Waals surface area contributed by atoms with E-state index < -0.39 is 0 Å². The SMILES string of the molecule is C=C(C)C=CC1CCCCC1. The lowest BCUT2D eigenvalue weighted by molar-refractivity contribution is 0.419. The molecule has 0 amide bonds. The zero-order valence-corrected chi connectivity index (χ0v) is 7.47. The molecule has 0 nitrogen and oxygen atoms in total. The molecule has 11 heavy (non-hydrogen) atoms. The second-order valence-electron chi connectivity index (χ2n) is 3.60.